The largest absolute Gasteiger partial charge is 0.496 e. The van der Waals surface area contributed by atoms with E-state index < -0.39 is 5.66 Å². The molecule has 2 aromatic carbocycles. The number of fused-ring (bicyclic) bond motifs is 2. The first-order valence-electron chi connectivity index (χ1n) is 8.43. The summed E-state index contributed by atoms with van der Waals surface area (Å²) in [4.78, 5) is 0. The van der Waals surface area contributed by atoms with Crippen molar-refractivity contribution in [3.05, 3.63) is 59.2 Å². The van der Waals surface area contributed by atoms with E-state index in [4.69, 9.17) is 16.2 Å². The molecule has 0 aromatic heterocycles. The van der Waals surface area contributed by atoms with Gasteiger partial charge < -0.3 is 21.5 Å². The Kier molecular flexibility index (Phi) is 3.50. The first-order valence-corrected chi connectivity index (χ1v) is 8.43. The van der Waals surface area contributed by atoms with Crippen LogP contribution < -0.4 is 21.5 Å². The van der Waals surface area contributed by atoms with Crippen LogP contribution in [-0.4, -0.2) is 12.8 Å². The molecule has 2 aromatic rings. The molecule has 2 aliphatic rings. The highest BCUT2D eigenvalue weighted by Crippen LogP contribution is 2.45. The summed E-state index contributed by atoms with van der Waals surface area (Å²) < 4.78 is 5.64. The molecule has 0 amide bonds. The van der Waals surface area contributed by atoms with E-state index in [2.05, 4.69) is 23.5 Å². The average molecular weight is 321 g/mol. The quantitative estimate of drug-likeness (QED) is 0.740. The van der Waals surface area contributed by atoms with Crippen LogP contribution in [0.5, 0.6) is 5.75 Å². The molecule has 2 atom stereocenters. The van der Waals surface area contributed by atoms with Gasteiger partial charge in [0.05, 0.1) is 7.11 Å². The Morgan fingerprint density at radius 2 is 2.04 bits per heavy atom. The maximum atomic E-state index is 6.84. The second-order valence-corrected chi connectivity index (χ2v) is 6.68. The Hall–Kier alpha value is -2.46. The molecule has 1 heterocycles. The Bertz CT molecular complexity index is 800. The van der Waals surface area contributed by atoms with Crippen LogP contribution in [0.4, 0.5) is 11.4 Å². The van der Waals surface area contributed by atoms with Crippen LogP contribution in [0, 0.1) is 0 Å². The Balaban J connectivity index is 1.79. The van der Waals surface area contributed by atoms with Gasteiger partial charge in [-0.1, -0.05) is 24.3 Å². The first-order chi connectivity index (χ1) is 11.6. The molecular formula is C20H23N3O. The van der Waals surface area contributed by atoms with Gasteiger partial charge in [-0.15, -0.1) is 0 Å². The van der Waals surface area contributed by atoms with E-state index in [1.165, 1.54) is 11.1 Å². The Labute approximate surface area is 142 Å². The summed E-state index contributed by atoms with van der Waals surface area (Å²) >= 11 is 0. The minimum Gasteiger partial charge on any atom is -0.496 e. The topological polar surface area (TPSA) is 73.3 Å². The van der Waals surface area contributed by atoms with Crippen molar-refractivity contribution in [1.29, 1.82) is 0 Å². The Morgan fingerprint density at radius 3 is 2.88 bits per heavy atom. The number of hydrogen-bond donors (Lipinski definition) is 3. The van der Waals surface area contributed by atoms with Crippen molar-refractivity contribution in [3.8, 4) is 5.75 Å². The minimum atomic E-state index is -0.648. The third-order valence-corrected chi connectivity index (χ3v) is 5.26. The molecule has 0 spiro atoms. The summed E-state index contributed by atoms with van der Waals surface area (Å²) in [5, 5.41) is 3.53. The van der Waals surface area contributed by atoms with Gasteiger partial charge in [-0.3, -0.25) is 0 Å². The highest BCUT2D eigenvalue weighted by molar-refractivity contribution is 5.81. The molecule has 0 saturated heterocycles. The third-order valence-electron chi connectivity index (χ3n) is 5.26. The van der Waals surface area contributed by atoms with Crippen LogP contribution in [0.2, 0.25) is 0 Å². The van der Waals surface area contributed by atoms with Gasteiger partial charge in [0.15, 0.2) is 0 Å². The number of nitrogens with one attached hydrogen (secondary N) is 1. The summed E-state index contributed by atoms with van der Waals surface area (Å²) in [6.45, 7) is 0. The van der Waals surface area contributed by atoms with E-state index >= 15 is 0 Å². The lowest BCUT2D eigenvalue weighted by Gasteiger charge is -2.42. The molecule has 4 heteroatoms. The number of hydrogen-bond acceptors (Lipinski definition) is 4. The maximum Gasteiger partial charge on any atom is 0.122 e. The fourth-order valence-electron chi connectivity index (χ4n) is 4.08. The van der Waals surface area contributed by atoms with Crippen molar-refractivity contribution in [3.63, 3.8) is 0 Å². The zero-order valence-electron chi connectivity index (χ0n) is 13.9. The van der Waals surface area contributed by atoms with Gasteiger partial charge in [-0.05, 0) is 49.1 Å². The van der Waals surface area contributed by atoms with Crippen LogP contribution in [-0.2, 0) is 6.42 Å². The summed E-state index contributed by atoms with van der Waals surface area (Å²) in [7, 11) is 1.73. The van der Waals surface area contributed by atoms with Crippen molar-refractivity contribution in [2.75, 3.05) is 18.2 Å². The molecular weight excluding hydrogens is 298 g/mol. The molecule has 124 valence electrons. The molecule has 1 aliphatic heterocycles. The van der Waals surface area contributed by atoms with Crippen LogP contribution in [0.25, 0.3) is 6.08 Å². The number of benzene rings is 2. The van der Waals surface area contributed by atoms with E-state index in [0.29, 0.717) is 0 Å². The summed E-state index contributed by atoms with van der Waals surface area (Å²) in [5.41, 5.74) is 17.6. The predicted octanol–water partition coefficient (Wildman–Crippen LogP) is 3.49. The van der Waals surface area contributed by atoms with Gasteiger partial charge >= 0.3 is 0 Å². The van der Waals surface area contributed by atoms with Gasteiger partial charge in [-0.25, -0.2) is 0 Å². The van der Waals surface area contributed by atoms with Crippen LogP contribution in [0.1, 0.15) is 35.4 Å². The van der Waals surface area contributed by atoms with E-state index in [-0.39, 0.29) is 5.92 Å². The van der Waals surface area contributed by atoms with Gasteiger partial charge in [0, 0.05) is 28.4 Å². The van der Waals surface area contributed by atoms with Crippen molar-refractivity contribution >= 4 is 17.5 Å². The number of methoxy groups -OCH3 is 1. The standard InChI is InChI=1S/C20H23N3O/c1-24-18-10-3-6-13-5-2-7-15(19(13)18)20(22)12-11-14-16(21)8-4-9-17(14)23-20/h3-4,6,8-12,15,23H,2,5,7,21-22H2,1H3. The monoisotopic (exact) mass is 321 g/mol. The molecule has 2 unspecified atom stereocenters. The molecule has 0 radical (unpaired) electrons. The number of rotatable bonds is 2. The summed E-state index contributed by atoms with van der Waals surface area (Å²) in [6, 6.07) is 12.2. The molecule has 4 nitrogen and oxygen atoms in total. The summed E-state index contributed by atoms with van der Waals surface area (Å²) in [5.74, 6) is 1.08. The number of nitrogens with two attached hydrogens (primary N) is 2. The normalized spacial score (nSPS) is 24.7. The second kappa shape index (κ2) is 5.56. The molecule has 24 heavy (non-hydrogen) atoms. The lowest BCUT2D eigenvalue weighted by molar-refractivity contribution is 0.369. The summed E-state index contributed by atoms with van der Waals surface area (Å²) in [6.07, 6.45) is 7.33. The second-order valence-electron chi connectivity index (χ2n) is 6.68. The number of nitrogen functional groups attached to an aromatic ring is 1. The number of aryl methyl sites for hydroxylation is 1. The predicted molar refractivity (Wildman–Crippen MR) is 99.1 cm³/mol. The van der Waals surface area contributed by atoms with Crippen LogP contribution >= 0.6 is 0 Å². The third kappa shape index (κ3) is 2.26. The molecule has 0 bridgehead atoms. The smallest absolute Gasteiger partial charge is 0.122 e. The van der Waals surface area contributed by atoms with Crippen molar-refractivity contribution in [1.82, 2.24) is 0 Å². The fourth-order valence-corrected chi connectivity index (χ4v) is 4.08. The van der Waals surface area contributed by atoms with E-state index in [9.17, 15) is 0 Å². The van der Waals surface area contributed by atoms with Crippen LogP contribution in [0.15, 0.2) is 42.5 Å². The average Bonchev–Trinajstić information content (AvgIpc) is 2.60. The minimum absolute atomic E-state index is 0.156. The lowest BCUT2D eigenvalue weighted by Crippen LogP contribution is -2.53. The van der Waals surface area contributed by atoms with Gasteiger partial charge in [0.25, 0.3) is 0 Å². The van der Waals surface area contributed by atoms with Crippen molar-refractivity contribution < 1.29 is 4.74 Å². The first kappa shape index (κ1) is 15.1. The molecule has 5 N–H and O–H groups in total. The number of ether oxygens (including phenoxy) is 1. The van der Waals surface area contributed by atoms with E-state index in [1.807, 2.05) is 30.3 Å². The highest BCUT2D eigenvalue weighted by atomic mass is 16.5. The van der Waals surface area contributed by atoms with Crippen molar-refractivity contribution in [2.45, 2.75) is 30.8 Å². The van der Waals surface area contributed by atoms with Gasteiger partial charge in [-0.2, -0.15) is 0 Å². The highest BCUT2D eigenvalue weighted by Gasteiger charge is 2.40. The SMILES string of the molecule is COc1cccc2c1C(C1(N)C=Cc3c(N)cccc3N1)CCC2. The van der Waals surface area contributed by atoms with Crippen LogP contribution in [0.3, 0.4) is 0 Å². The van der Waals surface area contributed by atoms with E-state index in [0.717, 1.165) is 42.0 Å². The fraction of sp³-hybridized carbons (Fsp3) is 0.300. The van der Waals surface area contributed by atoms with Crippen molar-refractivity contribution in [2.24, 2.45) is 5.73 Å². The lowest BCUT2D eigenvalue weighted by atomic mass is 9.74. The van der Waals surface area contributed by atoms with Gasteiger partial charge in [0.1, 0.15) is 11.4 Å². The molecule has 1 aliphatic carbocycles. The van der Waals surface area contributed by atoms with E-state index in [1.54, 1.807) is 7.11 Å². The Morgan fingerprint density at radius 1 is 1.21 bits per heavy atom. The molecule has 0 fully saturated rings. The number of anilines is 2. The zero-order chi connectivity index (χ0) is 16.7. The molecule has 0 saturated carbocycles. The zero-order valence-corrected chi connectivity index (χ0v) is 13.9. The van der Waals surface area contributed by atoms with Gasteiger partial charge in [0.2, 0.25) is 0 Å². The maximum absolute atomic E-state index is 6.84. The molecule has 4 rings (SSSR count).